The van der Waals surface area contributed by atoms with E-state index in [2.05, 4.69) is 4.99 Å². The monoisotopic (exact) mass is 333 g/mol. The first-order valence-corrected chi connectivity index (χ1v) is 7.85. The highest BCUT2D eigenvalue weighted by molar-refractivity contribution is 6.11. The van der Waals surface area contributed by atoms with Crippen LogP contribution in [0.15, 0.2) is 70.9 Å². The standard InChI is InChI=1S/C20H15NO4/c1-13(9-14-5-3-2-4-6-14)10-16-20(22)25-19(21-16)15-7-8-17-18(11-15)24-12-23-17/h2-11H,12H2,1H3/b13-9-,16-10-. The average molecular weight is 333 g/mol. The molecule has 0 aromatic heterocycles. The van der Waals surface area contributed by atoms with Gasteiger partial charge in [0.15, 0.2) is 17.2 Å². The van der Waals surface area contributed by atoms with Crippen LogP contribution in [0, 0.1) is 0 Å². The largest absolute Gasteiger partial charge is 0.454 e. The van der Waals surface area contributed by atoms with Crippen LogP contribution in [-0.2, 0) is 9.53 Å². The molecule has 0 amide bonds. The Hall–Kier alpha value is -3.34. The van der Waals surface area contributed by atoms with E-state index < -0.39 is 5.97 Å². The SMILES string of the molecule is CC(=C/c1ccccc1)/C=C1\N=C(c2ccc3c(c2)OCO3)OC1=O. The molecule has 0 atom stereocenters. The van der Waals surface area contributed by atoms with Crippen molar-refractivity contribution in [3.8, 4) is 11.5 Å². The first-order valence-electron chi connectivity index (χ1n) is 7.85. The molecule has 0 aliphatic carbocycles. The van der Waals surface area contributed by atoms with Gasteiger partial charge in [-0.1, -0.05) is 36.4 Å². The highest BCUT2D eigenvalue weighted by Gasteiger charge is 2.25. The predicted molar refractivity (Wildman–Crippen MR) is 93.4 cm³/mol. The number of carbonyl (C=O) groups excluding carboxylic acids is 1. The highest BCUT2D eigenvalue weighted by atomic mass is 16.7. The van der Waals surface area contributed by atoms with Gasteiger partial charge in [0.25, 0.3) is 0 Å². The minimum Gasteiger partial charge on any atom is -0.454 e. The summed E-state index contributed by atoms with van der Waals surface area (Å²) in [6.07, 6.45) is 3.70. The van der Waals surface area contributed by atoms with Crippen molar-refractivity contribution in [1.29, 1.82) is 0 Å². The van der Waals surface area contributed by atoms with Crippen LogP contribution < -0.4 is 9.47 Å². The van der Waals surface area contributed by atoms with Crippen molar-refractivity contribution < 1.29 is 19.0 Å². The lowest BCUT2D eigenvalue weighted by molar-refractivity contribution is -0.130. The first-order chi connectivity index (χ1) is 12.2. The molecule has 0 saturated heterocycles. The molecule has 0 bridgehead atoms. The molecule has 25 heavy (non-hydrogen) atoms. The maximum absolute atomic E-state index is 12.1. The van der Waals surface area contributed by atoms with Gasteiger partial charge in [0.2, 0.25) is 12.7 Å². The fourth-order valence-corrected chi connectivity index (χ4v) is 2.63. The van der Waals surface area contributed by atoms with Gasteiger partial charge < -0.3 is 14.2 Å². The third-order valence-corrected chi connectivity index (χ3v) is 3.80. The van der Waals surface area contributed by atoms with Gasteiger partial charge in [-0.15, -0.1) is 0 Å². The highest BCUT2D eigenvalue weighted by Crippen LogP contribution is 2.33. The van der Waals surface area contributed by atoms with Crippen molar-refractivity contribution >= 4 is 17.9 Å². The molecule has 2 heterocycles. The summed E-state index contributed by atoms with van der Waals surface area (Å²) in [5.74, 6) is 1.09. The van der Waals surface area contributed by atoms with Gasteiger partial charge in [0, 0.05) is 5.56 Å². The fraction of sp³-hybridized carbons (Fsp3) is 0.100. The van der Waals surface area contributed by atoms with E-state index >= 15 is 0 Å². The molecule has 2 aromatic rings. The third-order valence-electron chi connectivity index (χ3n) is 3.80. The molecule has 0 spiro atoms. The number of carbonyl (C=O) groups is 1. The van der Waals surface area contributed by atoms with E-state index in [4.69, 9.17) is 14.2 Å². The summed E-state index contributed by atoms with van der Waals surface area (Å²) >= 11 is 0. The van der Waals surface area contributed by atoms with E-state index in [1.54, 1.807) is 24.3 Å². The molecule has 5 nitrogen and oxygen atoms in total. The second kappa shape index (κ2) is 6.28. The van der Waals surface area contributed by atoms with Crippen LogP contribution in [0.2, 0.25) is 0 Å². The van der Waals surface area contributed by atoms with Crippen LogP contribution in [-0.4, -0.2) is 18.7 Å². The van der Waals surface area contributed by atoms with Crippen molar-refractivity contribution in [1.82, 2.24) is 0 Å². The second-order valence-electron chi connectivity index (χ2n) is 5.70. The summed E-state index contributed by atoms with van der Waals surface area (Å²) in [6, 6.07) is 15.2. The summed E-state index contributed by atoms with van der Waals surface area (Å²) < 4.78 is 15.9. The van der Waals surface area contributed by atoms with E-state index in [1.807, 2.05) is 43.3 Å². The lowest BCUT2D eigenvalue weighted by atomic mass is 10.1. The normalized spacial score (nSPS) is 17.6. The smallest absolute Gasteiger partial charge is 0.363 e. The number of ether oxygens (including phenoxy) is 3. The number of esters is 1. The predicted octanol–water partition coefficient (Wildman–Crippen LogP) is 3.71. The van der Waals surface area contributed by atoms with Crippen LogP contribution in [0.3, 0.4) is 0 Å². The summed E-state index contributed by atoms with van der Waals surface area (Å²) in [5, 5.41) is 0. The molecule has 0 unspecified atom stereocenters. The quantitative estimate of drug-likeness (QED) is 0.635. The van der Waals surface area contributed by atoms with Gasteiger partial charge in [-0.3, -0.25) is 0 Å². The van der Waals surface area contributed by atoms with E-state index in [0.29, 0.717) is 17.1 Å². The number of rotatable bonds is 3. The maximum Gasteiger partial charge on any atom is 0.363 e. The molecule has 0 saturated carbocycles. The molecule has 4 rings (SSSR count). The molecule has 2 aliphatic heterocycles. The summed E-state index contributed by atoms with van der Waals surface area (Å²) in [7, 11) is 0. The second-order valence-corrected chi connectivity index (χ2v) is 5.70. The van der Waals surface area contributed by atoms with Gasteiger partial charge in [-0.05, 0) is 42.3 Å². The van der Waals surface area contributed by atoms with Gasteiger partial charge in [-0.25, -0.2) is 9.79 Å². The summed E-state index contributed by atoms with van der Waals surface area (Å²) in [5.41, 5.74) is 2.92. The Bertz CT molecular complexity index is 926. The molecule has 0 N–H and O–H groups in total. The minimum absolute atomic E-state index is 0.194. The van der Waals surface area contributed by atoms with Gasteiger partial charge in [-0.2, -0.15) is 0 Å². The Morgan fingerprint density at radius 2 is 1.88 bits per heavy atom. The van der Waals surface area contributed by atoms with Crippen LogP contribution in [0.1, 0.15) is 18.1 Å². The zero-order valence-corrected chi connectivity index (χ0v) is 13.6. The number of fused-ring (bicyclic) bond motifs is 1. The minimum atomic E-state index is -0.464. The molecule has 0 radical (unpaired) electrons. The van der Waals surface area contributed by atoms with Gasteiger partial charge in [0.1, 0.15) is 0 Å². The third kappa shape index (κ3) is 3.17. The van der Waals surface area contributed by atoms with Gasteiger partial charge in [0.05, 0.1) is 0 Å². The average Bonchev–Trinajstić information content (AvgIpc) is 3.22. The topological polar surface area (TPSA) is 57.1 Å². The van der Waals surface area contributed by atoms with Gasteiger partial charge >= 0.3 is 5.97 Å². The number of hydrogen-bond donors (Lipinski definition) is 0. The fourth-order valence-electron chi connectivity index (χ4n) is 2.63. The number of benzene rings is 2. The molecule has 2 aromatic carbocycles. The van der Waals surface area contributed by atoms with Crippen molar-refractivity contribution in [3.63, 3.8) is 0 Å². The number of aliphatic imine (C=N–C) groups is 1. The number of nitrogens with zero attached hydrogens (tertiary/aromatic N) is 1. The van der Waals surface area contributed by atoms with Crippen LogP contribution in [0.4, 0.5) is 0 Å². The number of hydrogen-bond acceptors (Lipinski definition) is 5. The van der Waals surface area contributed by atoms with E-state index in [9.17, 15) is 4.79 Å². The Balaban J connectivity index is 1.61. The Kier molecular flexibility index (Phi) is 3.82. The van der Waals surface area contributed by atoms with Crippen LogP contribution in [0.25, 0.3) is 6.08 Å². The lowest BCUT2D eigenvalue weighted by Gasteiger charge is -2.01. The molecule has 124 valence electrons. The lowest BCUT2D eigenvalue weighted by Crippen LogP contribution is -2.05. The molecular weight excluding hydrogens is 318 g/mol. The van der Waals surface area contributed by atoms with Crippen molar-refractivity contribution in [3.05, 3.63) is 77.0 Å². The molecule has 0 fully saturated rings. The van der Waals surface area contributed by atoms with E-state index in [1.165, 1.54) is 0 Å². The Labute approximate surface area is 144 Å². The maximum atomic E-state index is 12.1. The number of cyclic esters (lactones) is 1. The summed E-state index contributed by atoms with van der Waals surface area (Å²) in [6.45, 7) is 2.11. The Morgan fingerprint density at radius 1 is 1.08 bits per heavy atom. The van der Waals surface area contributed by atoms with Crippen LogP contribution in [0.5, 0.6) is 11.5 Å². The zero-order chi connectivity index (χ0) is 17.2. The molecule has 2 aliphatic rings. The number of allylic oxidation sites excluding steroid dienone is 2. The first kappa shape index (κ1) is 15.2. The van der Waals surface area contributed by atoms with Crippen molar-refractivity contribution in [2.24, 2.45) is 4.99 Å². The van der Waals surface area contributed by atoms with Crippen LogP contribution >= 0.6 is 0 Å². The Morgan fingerprint density at radius 3 is 2.72 bits per heavy atom. The van der Waals surface area contributed by atoms with Crippen molar-refractivity contribution in [2.75, 3.05) is 6.79 Å². The summed E-state index contributed by atoms with van der Waals surface area (Å²) in [4.78, 5) is 16.4. The molecular formula is C20H15NO4. The molecule has 5 heteroatoms. The van der Waals surface area contributed by atoms with Crippen molar-refractivity contribution in [2.45, 2.75) is 6.92 Å². The van der Waals surface area contributed by atoms with E-state index in [-0.39, 0.29) is 18.4 Å². The van der Waals surface area contributed by atoms with E-state index in [0.717, 1.165) is 11.1 Å². The zero-order valence-electron chi connectivity index (χ0n) is 13.6.